The normalized spacial score (nSPS) is 19.2. The van der Waals surface area contributed by atoms with Crippen LogP contribution in [0.5, 0.6) is 0 Å². The standard InChI is InChI=1S/C16H26N2/c1-12(2)16(18-9-7-17-8-10-18)15-11-13(3)5-6-14(15)4/h5-6,11-12,16-17H,7-10H2,1-4H3. The zero-order valence-electron chi connectivity index (χ0n) is 12.2. The summed E-state index contributed by atoms with van der Waals surface area (Å²) in [7, 11) is 0. The topological polar surface area (TPSA) is 15.3 Å². The van der Waals surface area contributed by atoms with Crippen molar-refractivity contribution in [2.75, 3.05) is 26.2 Å². The molecule has 0 radical (unpaired) electrons. The van der Waals surface area contributed by atoms with Gasteiger partial charge >= 0.3 is 0 Å². The lowest BCUT2D eigenvalue weighted by atomic mass is 9.90. The van der Waals surface area contributed by atoms with Gasteiger partial charge in [0.05, 0.1) is 0 Å². The van der Waals surface area contributed by atoms with E-state index >= 15 is 0 Å². The van der Waals surface area contributed by atoms with Gasteiger partial charge in [-0.1, -0.05) is 37.6 Å². The first-order valence-corrected chi connectivity index (χ1v) is 7.11. The Hall–Kier alpha value is -0.860. The fraction of sp³-hybridized carbons (Fsp3) is 0.625. The van der Waals surface area contributed by atoms with Crippen molar-refractivity contribution in [1.82, 2.24) is 10.2 Å². The summed E-state index contributed by atoms with van der Waals surface area (Å²) in [6.45, 7) is 13.7. The minimum Gasteiger partial charge on any atom is -0.314 e. The van der Waals surface area contributed by atoms with Crippen LogP contribution in [-0.2, 0) is 0 Å². The zero-order valence-corrected chi connectivity index (χ0v) is 12.2. The lowest BCUT2D eigenvalue weighted by Gasteiger charge is -2.38. The third-order valence-electron chi connectivity index (χ3n) is 3.93. The quantitative estimate of drug-likeness (QED) is 0.882. The Morgan fingerprint density at radius 3 is 2.39 bits per heavy atom. The molecule has 1 aliphatic rings. The molecule has 100 valence electrons. The van der Waals surface area contributed by atoms with E-state index in [4.69, 9.17) is 0 Å². The summed E-state index contributed by atoms with van der Waals surface area (Å²) < 4.78 is 0. The maximum atomic E-state index is 3.44. The van der Waals surface area contributed by atoms with Crippen LogP contribution in [0.2, 0.25) is 0 Å². The molecule has 1 heterocycles. The predicted octanol–water partition coefficient (Wildman–Crippen LogP) is 2.91. The van der Waals surface area contributed by atoms with Crippen LogP contribution in [0.15, 0.2) is 18.2 Å². The maximum Gasteiger partial charge on any atom is 0.0374 e. The van der Waals surface area contributed by atoms with Crippen LogP contribution in [0.3, 0.4) is 0 Å². The Kier molecular flexibility index (Phi) is 4.41. The van der Waals surface area contributed by atoms with Crippen LogP contribution in [0, 0.1) is 19.8 Å². The molecule has 0 amide bonds. The molecule has 0 aromatic heterocycles. The van der Waals surface area contributed by atoms with Gasteiger partial charge in [0, 0.05) is 32.2 Å². The van der Waals surface area contributed by atoms with Gasteiger partial charge in [0.15, 0.2) is 0 Å². The molecule has 1 fully saturated rings. The molecule has 0 spiro atoms. The van der Waals surface area contributed by atoms with Gasteiger partial charge in [-0.2, -0.15) is 0 Å². The average Bonchev–Trinajstić information content (AvgIpc) is 2.35. The highest BCUT2D eigenvalue weighted by Gasteiger charge is 2.25. The van der Waals surface area contributed by atoms with E-state index in [0.717, 1.165) is 26.2 Å². The lowest BCUT2D eigenvalue weighted by Crippen LogP contribution is -2.46. The Balaban J connectivity index is 2.31. The minimum atomic E-state index is 0.562. The average molecular weight is 246 g/mol. The number of nitrogens with zero attached hydrogens (tertiary/aromatic N) is 1. The highest BCUT2D eigenvalue weighted by Crippen LogP contribution is 2.31. The molecule has 1 unspecified atom stereocenters. The molecule has 1 saturated heterocycles. The number of rotatable bonds is 3. The van der Waals surface area contributed by atoms with E-state index in [9.17, 15) is 0 Å². The molecular formula is C16H26N2. The van der Waals surface area contributed by atoms with Crippen LogP contribution in [0.1, 0.15) is 36.6 Å². The number of nitrogens with one attached hydrogen (secondary N) is 1. The first kappa shape index (κ1) is 13.6. The second kappa shape index (κ2) is 5.85. The van der Waals surface area contributed by atoms with Gasteiger partial charge in [0.1, 0.15) is 0 Å². The molecule has 0 aliphatic carbocycles. The highest BCUT2D eigenvalue weighted by atomic mass is 15.2. The number of piperazine rings is 1. The summed E-state index contributed by atoms with van der Waals surface area (Å²) in [5.41, 5.74) is 4.32. The number of aryl methyl sites for hydroxylation is 2. The largest absolute Gasteiger partial charge is 0.314 e. The van der Waals surface area contributed by atoms with E-state index in [0.29, 0.717) is 12.0 Å². The fourth-order valence-electron chi connectivity index (χ4n) is 3.02. The van der Waals surface area contributed by atoms with Gasteiger partial charge in [-0.05, 0) is 30.9 Å². The third kappa shape index (κ3) is 2.93. The van der Waals surface area contributed by atoms with Crippen LogP contribution < -0.4 is 5.32 Å². The number of benzene rings is 1. The van der Waals surface area contributed by atoms with E-state index in [1.54, 1.807) is 0 Å². The van der Waals surface area contributed by atoms with Gasteiger partial charge in [0.2, 0.25) is 0 Å². The maximum absolute atomic E-state index is 3.44. The van der Waals surface area contributed by atoms with E-state index in [1.807, 2.05) is 0 Å². The number of hydrogen-bond acceptors (Lipinski definition) is 2. The molecule has 2 nitrogen and oxygen atoms in total. The van der Waals surface area contributed by atoms with Crippen LogP contribution >= 0.6 is 0 Å². The first-order chi connectivity index (χ1) is 8.59. The van der Waals surface area contributed by atoms with E-state index in [-0.39, 0.29) is 0 Å². The summed E-state index contributed by atoms with van der Waals surface area (Å²) >= 11 is 0. The molecule has 0 saturated carbocycles. The molecule has 18 heavy (non-hydrogen) atoms. The Bertz CT molecular complexity index is 392. The molecule has 2 rings (SSSR count). The second-order valence-electron chi connectivity index (χ2n) is 5.83. The molecule has 1 atom stereocenters. The van der Waals surface area contributed by atoms with E-state index in [1.165, 1.54) is 16.7 Å². The van der Waals surface area contributed by atoms with Gasteiger partial charge in [0.25, 0.3) is 0 Å². The molecule has 0 bridgehead atoms. The summed E-state index contributed by atoms with van der Waals surface area (Å²) in [6, 6.07) is 7.42. The summed E-state index contributed by atoms with van der Waals surface area (Å²) in [5.74, 6) is 0.656. The highest BCUT2D eigenvalue weighted by molar-refractivity contribution is 5.33. The molecule has 1 N–H and O–H groups in total. The fourth-order valence-corrected chi connectivity index (χ4v) is 3.02. The van der Waals surface area contributed by atoms with Crippen LogP contribution in [0.25, 0.3) is 0 Å². The SMILES string of the molecule is Cc1ccc(C)c(C(C(C)C)N2CCNCC2)c1. The van der Waals surface area contributed by atoms with Crippen molar-refractivity contribution in [1.29, 1.82) is 0 Å². The molecule has 2 heteroatoms. The zero-order chi connectivity index (χ0) is 13.1. The second-order valence-corrected chi connectivity index (χ2v) is 5.83. The van der Waals surface area contributed by atoms with Crippen molar-refractivity contribution in [3.63, 3.8) is 0 Å². The molecule has 1 aromatic rings. The summed E-state index contributed by atoms with van der Waals surface area (Å²) in [5, 5.41) is 3.44. The van der Waals surface area contributed by atoms with Crippen molar-refractivity contribution >= 4 is 0 Å². The smallest absolute Gasteiger partial charge is 0.0374 e. The number of hydrogen-bond donors (Lipinski definition) is 1. The van der Waals surface area contributed by atoms with Crippen LogP contribution in [0.4, 0.5) is 0 Å². The Morgan fingerprint density at radius 2 is 1.78 bits per heavy atom. The van der Waals surface area contributed by atoms with Crippen molar-refractivity contribution in [3.8, 4) is 0 Å². The molecular weight excluding hydrogens is 220 g/mol. The Labute approximate surface area is 111 Å². The van der Waals surface area contributed by atoms with E-state index < -0.39 is 0 Å². The van der Waals surface area contributed by atoms with E-state index in [2.05, 4.69) is 56.1 Å². The third-order valence-corrected chi connectivity index (χ3v) is 3.93. The van der Waals surface area contributed by atoms with Gasteiger partial charge in [-0.3, -0.25) is 4.90 Å². The lowest BCUT2D eigenvalue weighted by molar-refractivity contribution is 0.136. The van der Waals surface area contributed by atoms with Crippen molar-refractivity contribution < 1.29 is 0 Å². The van der Waals surface area contributed by atoms with Crippen molar-refractivity contribution in [3.05, 3.63) is 34.9 Å². The van der Waals surface area contributed by atoms with Crippen molar-refractivity contribution in [2.45, 2.75) is 33.7 Å². The predicted molar refractivity (Wildman–Crippen MR) is 77.9 cm³/mol. The molecule has 1 aliphatic heterocycles. The summed E-state index contributed by atoms with van der Waals surface area (Å²) in [6.07, 6.45) is 0. The Morgan fingerprint density at radius 1 is 1.11 bits per heavy atom. The van der Waals surface area contributed by atoms with Gasteiger partial charge < -0.3 is 5.32 Å². The van der Waals surface area contributed by atoms with Crippen molar-refractivity contribution in [2.24, 2.45) is 5.92 Å². The van der Waals surface area contributed by atoms with Gasteiger partial charge in [-0.25, -0.2) is 0 Å². The van der Waals surface area contributed by atoms with Gasteiger partial charge in [-0.15, -0.1) is 0 Å². The molecule has 1 aromatic carbocycles. The van der Waals surface area contributed by atoms with Crippen LogP contribution in [-0.4, -0.2) is 31.1 Å². The minimum absolute atomic E-state index is 0.562. The first-order valence-electron chi connectivity index (χ1n) is 7.11. The summed E-state index contributed by atoms with van der Waals surface area (Å²) in [4.78, 5) is 2.64. The monoisotopic (exact) mass is 246 g/mol.